The number of nitrogens with one attached hydrogen (secondary N) is 3. The Labute approximate surface area is 164 Å². The third-order valence-corrected chi connectivity index (χ3v) is 4.62. The quantitative estimate of drug-likeness (QED) is 0.531. The average Bonchev–Trinajstić information content (AvgIpc) is 3.08. The molecule has 1 saturated heterocycles. The van der Waals surface area contributed by atoms with E-state index in [9.17, 15) is 19.2 Å². The van der Waals surface area contributed by atoms with Crippen LogP contribution >= 0.6 is 0 Å². The molecule has 2 rings (SSSR count). The van der Waals surface area contributed by atoms with Crippen molar-refractivity contribution in [3.8, 4) is 0 Å². The summed E-state index contributed by atoms with van der Waals surface area (Å²) >= 11 is 0. The summed E-state index contributed by atoms with van der Waals surface area (Å²) in [5, 5.41) is 11.7. The number of hydrogen-bond acceptors (Lipinski definition) is 6. The van der Waals surface area contributed by atoms with E-state index in [1.54, 1.807) is 6.92 Å². The van der Waals surface area contributed by atoms with Gasteiger partial charge in [-0.1, -0.05) is 19.0 Å². The van der Waals surface area contributed by atoms with Crippen LogP contribution in [0, 0.1) is 18.8 Å². The summed E-state index contributed by atoms with van der Waals surface area (Å²) in [6.07, 6.45) is 2.80. The molecular weight excluding hydrogens is 364 g/mol. The number of nitrogens with zero attached hydrogens (tertiary/aromatic N) is 1. The Hall–Kier alpha value is -2.71. The Morgan fingerprint density at radius 3 is 2.71 bits per heavy atom. The fourth-order valence-corrected chi connectivity index (χ4v) is 3.21. The first-order valence-corrected chi connectivity index (χ1v) is 9.57. The maximum atomic E-state index is 12.7. The van der Waals surface area contributed by atoms with Crippen molar-refractivity contribution in [1.29, 1.82) is 0 Å². The van der Waals surface area contributed by atoms with Crippen molar-refractivity contribution in [1.82, 2.24) is 21.1 Å². The van der Waals surface area contributed by atoms with Crippen LogP contribution in [0.25, 0.3) is 0 Å². The highest BCUT2D eigenvalue weighted by atomic mass is 16.5. The molecule has 0 aromatic carbocycles. The van der Waals surface area contributed by atoms with Crippen molar-refractivity contribution in [2.24, 2.45) is 11.8 Å². The maximum Gasteiger partial charge on any atom is 0.274 e. The number of piperidine rings is 1. The lowest BCUT2D eigenvalue weighted by molar-refractivity contribution is -0.129. The van der Waals surface area contributed by atoms with E-state index in [2.05, 4.69) is 21.1 Å². The Kier molecular flexibility index (Phi) is 7.71. The Morgan fingerprint density at radius 1 is 1.39 bits per heavy atom. The fraction of sp³-hybridized carbons (Fsp3) is 0.632. The molecule has 3 amide bonds. The monoisotopic (exact) mass is 392 g/mol. The molecule has 0 bridgehead atoms. The van der Waals surface area contributed by atoms with Gasteiger partial charge in [-0.25, -0.2) is 0 Å². The van der Waals surface area contributed by atoms with Crippen LogP contribution in [0.1, 0.15) is 55.8 Å². The van der Waals surface area contributed by atoms with Crippen molar-refractivity contribution in [3.05, 3.63) is 17.5 Å². The maximum absolute atomic E-state index is 12.7. The first kappa shape index (κ1) is 21.6. The fourth-order valence-electron chi connectivity index (χ4n) is 3.21. The zero-order chi connectivity index (χ0) is 20.7. The van der Waals surface area contributed by atoms with Gasteiger partial charge in [-0.15, -0.1) is 0 Å². The number of aldehydes is 1. The number of hydrogen-bond donors (Lipinski definition) is 3. The van der Waals surface area contributed by atoms with Crippen LogP contribution in [-0.2, 0) is 14.4 Å². The van der Waals surface area contributed by atoms with Gasteiger partial charge in [-0.05, 0) is 38.5 Å². The van der Waals surface area contributed by atoms with E-state index < -0.39 is 23.9 Å². The van der Waals surface area contributed by atoms with Gasteiger partial charge in [0.1, 0.15) is 18.1 Å². The molecule has 0 radical (unpaired) electrons. The predicted molar refractivity (Wildman–Crippen MR) is 100 cm³/mol. The van der Waals surface area contributed by atoms with Crippen LogP contribution in [0.2, 0.25) is 0 Å². The summed E-state index contributed by atoms with van der Waals surface area (Å²) in [4.78, 5) is 48.4. The number of amides is 3. The second kappa shape index (κ2) is 10.0. The van der Waals surface area contributed by atoms with Crippen molar-refractivity contribution in [2.45, 2.75) is 58.5 Å². The lowest BCUT2D eigenvalue weighted by Gasteiger charge is -2.26. The van der Waals surface area contributed by atoms with Gasteiger partial charge in [0.15, 0.2) is 5.69 Å². The second-order valence-electron chi connectivity index (χ2n) is 7.60. The summed E-state index contributed by atoms with van der Waals surface area (Å²) in [5.41, 5.74) is 0.0878. The van der Waals surface area contributed by atoms with Crippen molar-refractivity contribution < 1.29 is 23.7 Å². The van der Waals surface area contributed by atoms with Crippen LogP contribution in [0.3, 0.4) is 0 Å². The smallest absolute Gasteiger partial charge is 0.274 e. The number of aryl methyl sites for hydroxylation is 1. The predicted octanol–water partition coefficient (Wildman–Crippen LogP) is 0.728. The summed E-state index contributed by atoms with van der Waals surface area (Å²) in [5.74, 6) is -0.764. The molecule has 0 saturated carbocycles. The molecule has 0 spiro atoms. The molecule has 1 aromatic heterocycles. The molecule has 2 heterocycles. The van der Waals surface area contributed by atoms with Gasteiger partial charge < -0.3 is 25.3 Å². The zero-order valence-corrected chi connectivity index (χ0v) is 16.5. The normalized spacial score (nSPS) is 18.9. The first-order valence-electron chi connectivity index (χ1n) is 9.57. The number of carbonyl (C=O) groups excluding carboxylic acids is 4. The zero-order valence-electron chi connectivity index (χ0n) is 16.5. The highest BCUT2D eigenvalue weighted by molar-refractivity contribution is 5.96. The van der Waals surface area contributed by atoms with E-state index in [4.69, 9.17) is 4.52 Å². The van der Waals surface area contributed by atoms with Gasteiger partial charge in [0, 0.05) is 18.5 Å². The van der Waals surface area contributed by atoms with E-state index in [1.807, 2.05) is 13.8 Å². The minimum absolute atomic E-state index is 0.0878. The second-order valence-corrected chi connectivity index (χ2v) is 7.60. The average molecular weight is 392 g/mol. The third kappa shape index (κ3) is 6.17. The van der Waals surface area contributed by atoms with E-state index in [0.29, 0.717) is 31.4 Å². The van der Waals surface area contributed by atoms with Gasteiger partial charge in [0.25, 0.3) is 5.91 Å². The summed E-state index contributed by atoms with van der Waals surface area (Å²) < 4.78 is 4.89. The molecule has 0 unspecified atom stereocenters. The minimum Gasteiger partial charge on any atom is -0.361 e. The van der Waals surface area contributed by atoms with Gasteiger partial charge >= 0.3 is 0 Å². The molecule has 1 fully saturated rings. The van der Waals surface area contributed by atoms with Crippen molar-refractivity contribution >= 4 is 24.0 Å². The lowest BCUT2D eigenvalue weighted by Crippen LogP contribution is -2.51. The molecule has 3 atom stereocenters. The molecule has 9 heteroatoms. The van der Waals surface area contributed by atoms with E-state index >= 15 is 0 Å². The first-order chi connectivity index (χ1) is 13.3. The van der Waals surface area contributed by atoms with Crippen LogP contribution in [0.4, 0.5) is 0 Å². The van der Waals surface area contributed by atoms with Crippen LogP contribution in [0.5, 0.6) is 0 Å². The number of rotatable bonds is 9. The minimum atomic E-state index is -0.827. The van der Waals surface area contributed by atoms with E-state index in [0.717, 1.165) is 6.42 Å². The molecule has 154 valence electrons. The van der Waals surface area contributed by atoms with Gasteiger partial charge in [-0.3, -0.25) is 14.4 Å². The standard InChI is InChI=1S/C19H28N4O5/c1-11(2)7-15(22-19(27)16-8-12(3)28-23-16)18(26)21-14(10-24)9-13-5-4-6-20-17(13)25/h8,10-11,13-15H,4-7,9H2,1-3H3,(H,20,25)(H,21,26)(H,22,27)/t13-,14-,15-/m0/s1. The molecule has 28 heavy (non-hydrogen) atoms. The van der Waals surface area contributed by atoms with Crippen LogP contribution in [0.15, 0.2) is 10.6 Å². The Bertz CT molecular complexity index is 715. The van der Waals surface area contributed by atoms with Crippen LogP contribution < -0.4 is 16.0 Å². The molecule has 1 aliphatic heterocycles. The molecule has 0 aliphatic carbocycles. The number of aromatic nitrogens is 1. The Balaban J connectivity index is 2.00. The van der Waals surface area contributed by atoms with Crippen LogP contribution in [-0.4, -0.2) is 47.8 Å². The summed E-state index contributed by atoms with van der Waals surface area (Å²) in [6.45, 7) is 6.15. The molecule has 9 nitrogen and oxygen atoms in total. The highest BCUT2D eigenvalue weighted by Crippen LogP contribution is 2.17. The molecule has 3 N–H and O–H groups in total. The summed E-state index contributed by atoms with van der Waals surface area (Å²) in [6, 6.07) is -0.135. The van der Waals surface area contributed by atoms with Crippen molar-refractivity contribution in [2.75, 3.05) is 6.54 Å². The largest absolute Gasteiger partial charge is 0.361 e. The molecule has 1 aromatic rings. The van der Waals surface area contributed by atoms with Gasteiger partial charge in [0.05, 0.1) is 6.04 Å². The molecular formula is C19H28N4O5. The van der Waals surface area contributed by atoms with Gasteiger partial charge in [0.2, 0.25) is 11.8 Å². The lowest BCUT2D eigenvalue weighted by atomic mass is 9.91. The van der Waals surface area contributed by atoms with E-state index in [1.165, 1.54) is 6.07 Å². The van der Waals surface area contributed by atoms with Crippen molar-refractivity contribution in [3.63, 3.8) is 0 Å². The topological polar surface area (TPSA) is 130 Å². The SMILES string of the molecule is Cc1cc(C(=O)N[C@@H](CC(C)C)C(=O)N[C@H](C=O)C[C@@H]2CCCNC2=O)no1. The molecule has 1 aliphatic rings. The summed E-state index contributed by atoms with van der Waals surface area (Å²) in [7, 11) is 0. The third-order valence-electron chi connectivity index (χ3n) is 4.62. The Morgan fingerprint density at radius 2 is 2.14 bits per heavy atom. The van der Waals surface area contributed by atoms with E-state index in [-0.39, 0.29) is 29.9 Å². The highest BCUT2D eigenvalue weighted by Gasteiger charge is 2.29. The van der Waals surface area contributed by atoms with Gasteiger partial charge in [-0.2, -0.15) is 0 Å². The number of carbonyl (C=O) groups is 4.